The van der Waals surface area contributed by atoms with Crippen LogP contribution in [0.25, 0.3) is 11.1 Å². The maximum absolute atomic E-state index is 9.93. The summed E-state index contributed by atoms with van der Waals surface area (Å²) in [7, 11) is 0. The van der Waals surface area contributed by atoms with Gasteiger partial charge in [0.05, 0.1) is 12.5 Å². The van der Waals surface area contributed by atoms with Crippen molar-refractivity contribution in [1.29, 1.82) is 0 Å². The lowest BCUT2D eigenvalue weighted by atomic mass is 9.99. The van der Waals surface area contributed by atoms with Gasteiger partial charge >= 0.3 is 0 Å². The fourth-order valence-electron chi connectivity index (χ4n) is 1.84. The molecule has 2 rings (SSSR count). The van der Waals surface area contributed by atoms with Gasteiger partial charge in [-0.1, -0.05) is 26.0 Å². The normalized spacial score (nSPS) is 10.9. The Morgan fingerprint density at radius 2 is 2.06 bits per heavy atom. The number of phenolic OH excluding ortho intramolecular Hbond substituents is 1. The van der Waals surface area contributed by atoms with E-state index in [2.05, 4.69) is 19.9 Å². The fourth-order valence-corrected chi connectivity index (χ4v) is 1.84. The van der Waals surface area contributed by atoms with Gasteiger partial charge in [-0.3, -0.25) is 0 Å². The molecule has 0 saturated heterocycles. The molecule has 84 valence electrons. The van der Waals surface area contributed by atoms with Gasteiger partial charge in [0.25, 0.3) is 0 Å². The van der Waals surface area contributed by atoms with Gasteiger partial charge in [-0.25, -0.2) is 0 Å². The highest BCUT2D eigenvalue weighted by atomic mass is 16.3. The molecule has 0 aliphatic carbocycles. The Balaban J connectivity index is 2.30. The second kappa shape index (κ2) is 4.44. The van der Waals surface area contributed by atoms with E-state index in [0.29, 0.717) is 11.7 Å². The summed E-state index contributed by atoms with van der Waals surface area (Å²) in [5, 5.41) is 9.93. The summed E-state index contributed by atoms with van der Waals surface area (Å²) in [5.41, 5.74) is 2.90. The first kappa shape index (κ1) is 10.8. The zero-order chi connectivity index (χ0) is 11.5. The molecule has 0 fully saturated rings. The van der Waals surface area contributed by atoms with Crippen LogP contribution in [0.15, 0.2) is 41.2 Å². The molecule has 1 aromatic heterocycles. The lowest BCUT2D eigenvalue weighted by molar-refractivity contribution is 0.475. The van der Waals surface area contributed by atoms with Crippen LogP contribution in [0.4, 0.5) is 0 Å². The van der Waals surface area contributed by atoms with E-state index in [-0.39, 0.29) is 0 Å². The minimum Gasteiger partial charge on any atom is -0.507 e. The summed E-state index contributed by atoms with van der Waals surface area (Å²) in [6, 6.07) is 7.68. The van der Waals surface area contributed by atoms with E-state index in [4.69, 9.17) is 4.42 Å². The van der Waals surface area contributed by atoms with E-state index in [1.165, 1.54) is 5.56 Å². The molecule has 0 aliphatic rings. The van der Waals surface area contributed by atoms with Crippen LogP contribution in [0.5, 0.6) is 5.75 Å². The summed E-state index contributed by atoms with van der Waals surface area (Å²) >= 11 is 0. The third-order valence-corrected chi connectivity index (χ3v) is 2.54. The Hall–Kier alpha value is -1.70. The molecule has 2 aromatic rings. The number of benzene rings is 1. The fraction of sp³-hybridized carbons (Fsp3) is 0.286. The molecule has 1 heterocycles. The molecule has 2 heteroatoms. The molecule has 0 spiro atoms. The number of hydrogen-bond acceptors (Lipinski definition) is 2. The standard InChI is InChI=1S/C14H16O2/c1-10(2)7-11-3-4-13(14(15)8-11)12-5-6-16-9-12/h3-6,8-10,15H,7H2,1-2H3. The number of furan rings is 1. The van der Waals surface area contributed by atoms with Crippen LogP contribution < -0.4 is 0 Å². The molecule has 0 unspecified atom stereocenters. The van der Waals surface area contributed by atoms with Gasteiger partial charge in [0.1, 0.15) is 5.75 Å². The van der Waals surface area contributed by atoms with Crippen molar-refractivity contribution < 1.29 is 9.52 Å². The van der Waals surface area contributed by atoms with Gasteiger partial charge in [-0.2, -0.15) is 0 Å². The van der Waals surface area contributed by atoms with Crippen LogP contribution in [0.3, 0.4) is 0 Å². The predicted molar refractivity (Wildman–Crippen MR) is 64.4 cm³/mol. The van der Waals surface area contributed by atoms with Crippen molar-refractivity contribution in [3.05, 3.63) is 42.4 Å². The third kappa shape index (κ3) is 2.27. The Morgan fingerprint density at radius 3 is 2.62 bits per heavy atom. The summed E-state index contributed by atoms with van der Waals surface area (Å²) in [6.07, 6.45) is 4.23. The Bertz CT molecular complexity index is 456. The maximum Gasteiger partial charge on any atom is 0.123 e. The predicted octanol–water partition coefficient (Wildman–Crippen LogP) is 3.85. The number of phenols is 1. The van der Waals surface area contributed by atoms with Crippen molar-refractivity contribution in [3.63, 3.8) is 0 Å². The van der Waals surface area contributed by atoms with E-state index in [0.717, 1.165) is 17.5 Å². The average molecular weight is 216 g/mol. The van der Waals surface area contributed by atoms with Crippen LogP contribution in [-0.2, 0) is 6.42 Å². The van der Waals surface area contributed by atoms with Gasteiger partial charge in [0, 0.05) is 11.1 Å². The van der Waals surface area contributed by atoms with Gasteiger partial charge in [0.15, 0.2) is 0 Å². The maximum atomic E-state index is 9.93. The molecule has 0 saturated carbocycles. The highest BCUT2D eigenvalue weighted by molar-refractivity contribution is 5.69. The largest absolute Gasteiger partial charge is 0.507 e. The lowest BCUT2D eigenvalue weighted by Crippen LogP contribution is -1.93. The molecule has 0 amide bonds. The minimum atomic E-state index is 0.319. The molecule has 1 aromatic carbocycles. The van der Waals surface area contributed by atoms with E-state index in [1.807, 2.05) is 18.2 Å². The molecular weight excluding hydrogens is 200 g/mol. The first-order chi connectivity index (χ1) is 7.66. The first-order valence-corrected chi connectivity index (χ1v) is 5.51. The van der Waals surface area contributed by atoms with Gasteiger partial charge < -0.3 is 9.52 Å². The second-order valence-corrected chi connectivity index (χ2v) is 4.46. The van der Waals surface area contributed by atoms with Crippen molar-refractivity contribution in [1.82, 2.24) is 0 Å². The Labute approximate surface area is 95.5 Å². The highest BCUT2D eigenvalue weighted by Gasteiger charge is 2.07. The third-order valence-electron chi connectivity index (χ3n) is 2.54. The van der Waals surface area contributed by atoms with Crippen molar-refractivity contribution >= 4 is 0 Å². The van der Waals surface area contributed by atoms with Crippen molar-refractivity contribution in [2.24, 2.45) is 5.92 Å². The molecule has 0 aliphatic heterocycles. The van der Waals surface area contributed by atoms with Crippen molar-refractivity contribution in [2.45, 2.75) is 20.3 Å². The van der Waals surface area contributed by atoms with E-state index in [1.54, 1.807) is 12.5 Å². The zero-order valence-corrected chi connectivity index (χ0v) is 9.60. The second-order valence-electron chi connectivity index (χ2n) is 4.46. The molecule has 1 N–H and O–H groups in total. The van der Waals surface area contributed by atoms with Crippen LogP contribution in [0, 0.1) is 5.92 Å². The summed E-state index contributed by atoms with van der Waals surface area (Å²) in [6.45, 7) is 4.34. The number of rotatable bonds is 3. The van der Waals surface area contributed by atoms with Gasteiger partial charge in [-0.05, 0) is 30.0 Å². The van der Waals surface area contributed by atoms with Gasteiger partial charge in [0.2, 0.25) is 0 Å². The smallest absolute Gasteiger partial charge is 0.123 e. The monoisotopic (exact) mass is 216 g/mol. The summed E-state index contributed by atoms with van der Waals surface area (Å²) < 4.78 is 5.01. The number of hydrogen-bond donors (Lipinski definition) is 1. The topological polar surface area (TPSA) is 33.4 Å². The molecule has 2 nitrogen and oxygen atoms in total. The zero-order valence-electron chi connectivity index (χ0n) is 9.60. The summed E-state index contributed by atoms with van der Waals surface area (Å²) in [5.74, 6) is 0.915. The van der Waals surface area contributed by atoms with Crippen LogP contribution in [-0.4, -0.2) is 5.11 Å². The lowest BCUT2D eigenvalue weighted by Gasteiger charge is -2.07. The van der Waals surface area contributed by atoms with Crippen LogP contribution in [0.1, 0.15) is 19.4 Å². The Morgan fingerprint density at radius 1 is 1.25 bits per heavy atom. The highest BCUT2D eigenvalue weighted by Crippen LogP contribution is 2.30. The quantitative estimate of drug-likeness (QED) is 0.845. The first-order valence-electron chi connectivity index (χ1n) is 5.51. The van der Waals surface area contributed by atoms with Gasteiger partial charge in [-0.15, -0.1) is 0 Å². The molecule has 0 radical (unpaired) electrons. The molecule has 16 heavy (non-hydrogen) atoms. The van der Waals surface area contributed by atoms with Crippen molar-refractivity contribution in [3.8, 4) is 16.9 Å². The van der Waals surface area contributed by atoms with E-state index >= 15 is 0 Å². The summed E-state index contributed by atoms with van der Waals surface area (Å²) in [4.78, 5) is 0. The van der Waals surface area contributed by atoms with E-state index < -0.39 is 0 Å². The van der Waals surface area contributed by atoms with Crippen molar-refractivity contribution in [2.75, 3.05) is 0 Å². The number of aromatic hydroxyl groups is 1. The average Bonchev–Trinajstić information content (AvgIpc) is 2.69. The molecular formula is C14H16O2. The SMILES string of the molecule is CC(C)Cc1ccc(-c2ccoc2)c(O)c1. The Kier molecular flexibility index (Phi) is 3.00. The molecule has 0 atom stereocenters. The van der Waals surface area contributed by atoms with E-state index in [9.17, 15) is 5.11 Å². The minimum absolute atomic E-state index is 0.319. The van der Waals surface area contributed by atoms with Crippen LogP contribution in [0.2, 0.25) is 0 Å². The van der Waals surface area contributed by atoms with Crippen LogP contribution >= 0.6 is 0 Å². The molecule has 0 bridgehead atoms.